The number of methoxy groups -OCH3 is 1. The lowest BCUT2D eigenvalue weighted by atomic mass is 10.0. The molecule has 1 fully saturated rings. The van der Waals surface area contributed by atoms with E-state index in [1.807, 2.05) is 30.3 Å². The van der Waals surface area contributed by atoms with E-state index >= 15 is 0 Å². The Kier molecular flexibility index (Phi) is 9.73. The zero-order chi connectivity index (χ0) is 30.3. The van der Waals surface area contributed by atoms with Crippen molar-refractivity contribution in [2.45, 2.75) is 36.3 Å². The Morgan fingerprint density at radius 1 is 0.930 bits per heavy atom. The van der Waals surface area contributed by atoms with Crippen molar-refractivity contribution in [1.29, 1.82) is 0 Å². The van der Waals surface area contributed by atoms with Crippen molar-refractivity contribution in [2.24, 2.45) is 0 Å². The molecule has 3 aromatic rings. The van der Waals surface area contributed by atoms with Gasteiger partial charge in [-0.25, -0.2) is 9.59 Å². The standard InChI is InChI=1S/C32H30N2O7S2/c1-3-40-31(37)22-11-15-24(16-12-22)43-25-19-42-30-27(33-26(35)17-20-7-5-4-6-8-20)29(36)34(30)28(25)32(38)41-18-21-9-13-23(39-2)14-10-21/h4-16,27,30H,3,17-19H2,1-2H3,(H,33,35)/t27-,30+/m1/s1. The van der Waals surface area contributed by atoms with E-state index in [0.29, 0.717) is 22.0 Å². The molecule has 2 atom stereocenters. The van der Waals surface area contributed by atoms with Gasteiger partial charge in [-0.1, -0.05) is 54.2 Å². The van der Waals surface area contributed by atoms with Gasteiger partial charge in [0.2, 0.25) is 5.91 Å². The number of carbonyl (C=O) groups excluding carboxylic acids is 4. The van der Waals surface area contributed by atoms with Crippen molar-refractivity contribution in [3.05, 3.63) is 106 Å². The summed E-state index contributed by atoms with van der Waals surface area (Å²) >= 11 is 2.80. The molecule has 2 amide bonds. The van der Waals surface area contributed by atoms with Crippen LogP contribution in [0.5, 0.6) is 5.75 Å². The quantitative estimate of drug-likeness (QED) is 0.244. The molecule has 0 bridgehead atoms. The monoisotopic (exact) mass is 618 g/mol. The number of β-lactam (4-membered cyclic amide) rings is 1. The first-order chi connectivity index (χ1) is 20.9. The fourth-order valence-corrected chi connectivity index (χ4v) is 7.09. The minimum atomic E-state index is -0.749. The fraction of sp³-hybridized carbons (Fsp3) is 0.250. The number of hydrogen-bond donors (Lipinski definition) is 1. The van der Waals surface area contributed by atoms with Gasteiger partial charge in [0.1, 0.15) is 29.5 Å². The van der Waals surface area contributed by atoms with E-state index in [9.17, 15) is 19.2 Å². The lowest BCUT2D eigenvalue weighted by molar-refractivity contribution is -0.153. The molecule has 0 aliphatic carbocycles. The third-order valence-electron chi connectivity index (χ3n) is 6.79. The van der Waals surface area contributed by atoms with Crippen LogP contribution in [0.15, 0.2) is 94.4 Å². The normalized spacial score (nSPS) is 17.4. The molecule has 222 valence electrons. The molecule has 3 aromatic carbocycles. The van der Waals surface area contributed by atoms with Gasteiger partial charge < -0.3 is 19.5 Å². The lowest BCUT2D eigenvalue weighted by Gasteiger charge is -2.49. The maximum atomic E-state index is 13.5. The molecule has 2 heterocycles. The summed E-state index contributed by atoms with van der Waals surface area (Å²) < 4.78 is 15.9. The highest BCUT2D eigenvalue weighted by atomic mass is 32.2. The predicted molar refractivity (Wildman–Crippen MR) is 163 cm³/mol. The molecule has 5 rings (SSSR count). The molecule has 0 saturated carbocycles. The summed E-state index contributed by atoms with van der Waals surface area (Å²) in [4.78, 5) is 54.6. The van der Waals surface area contributed by atoms with Gasteiger partial charge in [-0.05, 0) is 54.4 Å². The second kappa shape index (κ2) is 13.8. The fourth-order valence-electron chi connectivity index (χ4n) is 4.62. The summed E-state index contributed by atoms with van der Waals surface area (Å²) in [6.07, 6.45) is 0.150. The number of thioether (sulfide) groups is 2. The van der Waals surface area contributed by atoms with Crippen LogP contribution in [0, 0.1) is 0 Å². The molecular weight excluding hydrogens is 588 g/mol. The molecule has 0 spiro atoms. The van der Waals surface area contributed by atoms with Gasteiger partial charge in [-0.2, -0.15) is 0 Å². The number of hydrogen-bond acceptors (Lipinski definition) is 9. The van der Waals surface area contributed by atoms with Gasteiger partial charge in [0.15, 0.2) is 0 Å². The number of ether oxygens (including phenoxy) is 3. The Morgan fingerprint density at radius 3 is 2.33 bits per heavy atom. The molecule has 9 nitrogen and oxygen atoms in total. The van der Waals surface area contributed by atoms with Crippen LogP contribution in [0.4, 0.5) is 0 Å². The van der Waals surface area contributed by atoms with Crippen LogP contribution in [0.2, 0.25) is 0 Å². The van der Waals surface area contributed by atoms with E-state index in [0.717, 1.165) is 16.0 Å². The van der Waals surface area contributed by atoms with E-state index in [4.69, 9.17) is 14.2 Å². The van der Waals surface area contributed by atoms with Crippen molar-refractivity contribution in [3.63, 3.8) is 0 Å². The number of nitrogens with zero attached hydrogens (tertiary/aromatic N) is 1. The van der Waals surface area contributed by atoms with Crippen LogP contribution in [0.25, 0.3) is 0 Å². The number of fused-ring (bicyclic) bond motifs is 1. The van der Waals surface area contributed by atoms with Crippen molar-refractivity contribution < 1.29 is 33.4 Å². The molecule has 11 heteroatoms. The van der Waals surface area contributed by atoms with Crippen LogP contribution in [0.1, 0.15) is 28.4 Å². The number of amides is 2. The van der Waals surface area contributed by atoms with E-state index in [1.54, 1.807) is 62.6 Å². The zero-order valence-corrected chi connectivity index (χ0v) is 25.2. The molecule has 43 heavy (non-hydrogen) atoms. The van der Waals surface area contributed by atoms with Gasteiger partial charge in [0, 0.05) is 15.6 Å². The second-order valence-electron chi connectivity index (χ2n) is 9.66. The summed E-state index contributed by atoms with van der Waals surface area (Å²) in [5, 5.41) is 2.41. The van der Waals surface area contributed by atoms with Crippen LogP contribution < -0.4 is 10.1 Å². The minimum absolute atomic E-state index is 0.00952. The molecule has 1 saturated heterocycles. The Bertz CT molecular complexity index is 1530. The maximum Gasteiger partial charge on any atom is 0.356 e. The largest absolute Gasteiger partial charge is 0.497 e. The van der Waals surface area contributed by atoms with E-state index in [1.165, 1.54) is 28.4 Å². The van der Waals surface area contributed by atoms with Gasteiger partial charge in [0.25, 0.3) is 5.91 Å². The summed E-state index contributed by atoms with van der Waals surface area (Å²) in [6, 6.07) is 22.6. The van der Waals surface area contributed by atoms with E-state index in [2.05, 4.69) is 5.32 Å². The van der Waals surface area contributed by atoms with Crippen molar-refractivity contribution >= 4 is 47.3 Å². The number of esters is 2. The number of benzene rings is 3. The SMILES string of the molecule is CCOC(=O)c1ccc(SC2=C(C(=O)OCc3ccc(OC)cc3)N3C(=O)[C@@H](NC(=O)Cc4ccccc4)[C@@H]3SC2)cc1. The van der Waals surface area contributed by atoms with Crippen LogP contribution in [-0.4, -0.2) is 59.5 Å². The summed E-state index contributed by atoms with van der Waals surface area (Å²) in [5.74, 6) is -0.566. The molecule has 0 radical (unpaired) electrons. The zero-order valence-electron chi connectivity index (χ0n) is 23.6. The second-order valence-corrected chi connectivity index (χ2v) is 11.9. The van der Waals surface area contributed by atoms with Crippen molar-refractivity contribution in [1.82, 2.24) is 10.2 Å². The Hall–Kier alpha value is -4.22. The molecule has 2 aliphatic rings. The Balaban J connectivity index is 1.34. The van der Waals surface area contributed by atoms with Gasteiger partial charge in [0.05, 0.1) is 25.7 Å². The summed E-state index contributed by atoms with van der Waals surface area (Å²) in [6.45, 7) is 2.03. The first kappa shape index (κ1) is 30.2. The van der Waals surface area contributed by atoms with E-state index in [-0.39, 0.29) is 37.1 Å². The third kappa shape index (κ3) is 7.06. The number of carbonyl (C=O) groups is 4. The van der Waals surface area contributed by atoms with Crippen LogP contribution in [-0.2, 0) is 36.9 Å². The lowest BCUT2D eigenvalue weighted by Crippen LogP contribution is -2.70. The first-order valence-corrected chi connectivity index (χ1v) is 15.5. The van der Waals surface area contributed by atoms with Crippen LogP contribution >= 0.6 is 23.5 Å². The smallest absolute Gasteiger partial charge is 0.356 e. The average Bonchev–Trinajstić information content (AvgIpc) is 3.03. The molecule has 2 aliphatic heterocycles. The maximum absolute atomic E-state index is 13.5. The highest BCUT2D eigenvalue weighted by Gasteiger charge is 2.54. The number of rotatable bonds is 11. The molecule has 1 N–H and O–H groups in total. The van der Waals surface area contributed by atoms with E-state index < -0.39 is 23.4 Å². The van der Waals surface area contributed by atoms with Crippen LogP contribution in [0.3, 0.4) is 0 Å². The first-order valence-electron chi connectivity index (χ1n) is 13.6. The highest BCUT2D eigenvalue weighted by Crippen LogP contribution is 2.45. The van der Waals surface area contributed by atoms with Crippen molar-refractivity contribution in [3.8, 4) is 5.75 Å². The summed E-state index contributed by atoms with van der Waals surface area (Å²) in [7, 11) is 1.57. The Labute approximate surface area is 257 Å². The molecule has 0 aromatic heterocycles. The highest BCUT2D eigenvalue weighted by molar-refractivity contribution is 8.06. The topological polar surface area (TPSA) is 111 Å². The predicted octanol–water partition coefficient (Wildman–Crippen LogP) is 4.56. The molecule has 0 unspecified atom stereocenters. The summed E-state index contributed by atoms with van der Waals surface area (Å²) in [5.41, 5.74) is 2.19. The average molecular weight is 619 g/mol. The van der Waals surface area contributed by atoms with Gasteiger partial charge in [-0.3, -0.25) is 14.5 Å². The van der Waals surface area contributed by atoms with Gasteiger partial charge in [-0.15, -0.1) is 11.8 Å². The number of nitrogens with one attached hydrogen (secondary N) is 1. The molecular formula is C32H30N2O7S2. The van der Waals surface area contributed by atoms with Gasteiger partial charge >= 0.3 is 11.9 Å². The minimum Gasteiger partial charge on any atom is -0.497 e. The third-order valence-corrected chi connectivity index (χ3v) is 9.34. The Morgan fingerprint density at radius 2 is 1.65 bits per heavy atom. The van der Waals surface area contributed by atoms with Crippen molar-refractivity contribution in [2.75, 3.05) is 19.5 Å².